The lowest BCUT2D eigenvalue weighted by Gasteiger charge is -2.33. The van der Waals surface area contributed by atoms with Crippen LogP contribution in [0.3, 0.4) is 0 Å². The van der Waals surface area contributed by atoms with Gasteiger partial charge >= 0.3 is 0 Å². The number of piperidine rings is 1. The molecular weight excluding hydrogens is 408 g/mol. The average Bonchev–Trinajstić information content (AvgIpc) is 2.89. The molecule has 0 spiro atoms. The van der Waals surface area contributed by atoms with E-state index in [1.807, 2.05) is 28.8 Å². The van der Waals surface area contributed by atoms with Crippen LogP contribution in [0.2, 0.25) is 0 Å². The van der Waals surface area contributed by atoms with Gasteiger partial charge in [-0.15, -0.1) is 0 Å². The van der Waals surface area contributed by atoms with E-state index in [9.17, 15) is 4.79 Å². The molecule has 0 aliphatic carbocycles. The van der Waals surface area contributed by atoms with E-state index in [1.165, 1.54) is 11.1 Å². The highest BCUT2D eigenvalue weighted by molar-refractivity contribution is 5.76. The standard InChI is InChI=1S/C28H30N4O/c33-28-25-13-7-8-14-26(25)30-21-32(28)24-15-18-31(19-16-24)20-17-29-27(22-9-3-1-4-10-22)23-11-5-2-6-12-23/h1-14,21,24,27,29H,15-20H2. The highest BCUT2D eigenvalue weighted by atomic mass is 16.1. The number of rotatable bonds is 7. The van der Waals surface area contributed by atoms with Crippen molar-refractivity contribution >= 4 is 10.9 Å². The number of nitrogens with one attached hydrogen (secondary N) is 1. The number of nitrogens with zero attached hydrogens (tertiary/aromatic N) is 3. The SMILES string of the molecule is O=c1c2ccccc2ncn1C1CCN(CCNC(c2ccccc2)c2ccccc2)CC1. The topological polar surface area (TPSA) is 50.2 Å². The first kappa shape index (κ1) is 21.6. The molecular formula is C28H30N4O. The highest BCUT2D eigenvalue weighted by Gasteiger charge is 2.22. The van der Waals surface area contributed by atoms with Crippen molar-refractivity contribution in [1.29, 1.82) is 0 Å². The maximum absolute atomic E-state index is 12.9. The molecule has 1 saturated heterocycles. The first-order valence-corrected chi connectivity index (χ1v) is 11.8. The molecule has 4 aromatic rings. The van der Waals surface area contributed by atoms with Crippen LogP contribution in [0.1, 0.15) is 36.1 Å². The lowest BCUT2D eigenvalue weighted by molar-refractivity contribution is 0.184. The molecule has 1 fully saturated rings. The minimum atomic E-state index is 0.0780. The summed E-state index contributed by atoms with van der Waals surface area (Å²) in [5.74, 6) is 0. The van der Waals surface area contributed by atoms with Gasteiger partial charge < -0.3 is 10.2 Å². The van der Waals surface area contributed by atoms with Gasteiger partial charge in [0, 0.05) is 32.2 Å². The normalized spacial score (nSPS) is 15.3. The van der Waals surface area contributed by atoms with Crippen molar-refractivity contribution in [2.75, 3.05) is 26.2 Å². The lowest BCUT2D eigenvalue weighted by Crippen LogP contribution is -2.41. The maximum atomic E-state index is 12.9. The van der Waals surface area contributed by atoms with Crippen LogP contribution in [-0.4, -0.2) is 40.6 Å². The van der Waals surface area contributed by atoms with Crippen molar-refractivity contribution in [2.24, 2.45) is 0 Å². The van der Waals surface area contributed by atoms with Gasteiger partial charge in [-0.1, -0.05) is 72.8 Å². The Hall–Kier alpha value is -3.28. The molecule has 0 atom stereocenters. The Kier molecular flexibility index (Phi) is 6.61. The van der Waals surface area contributed by atoms with Crippen LogP contribution >= 0.6 is 0 Å². The highest BCUT2D eigenvalue weighted by Crippen LogP contribution is 2.23. The fourth-order valence-electron chi connectivity index (χ4n) is 4.85. The van der Waals surface area contributed by atoms with Gasteiger partial charge in [0.05, 0.1) is 23.3 Å². The molecule has 2 heterocycles. The second kappa shape index (κ2) is 10.1. The average molecular weight is 439 g/mol. The van der Waals surface area contributed by atoms with E-state index < -0.39 is 0 Å². The molecule has 33 heavy (non-hydrogen) atoms. The van der Waals surface area contributed by atoms with E-state index >= 15 is 0 Å². The van der Waals surface area contributed by atoms with Crippen LogP contribution in [-0.2, 0) is 0 Å². The number of hydrogen-bond donors (Lipinski definition) is 1. The molecule has 1 N–H and O–H groups in total. The summed E-state index contributed by atoms with van der Waals surface area (Å²) in [6.45, 7) is 3.89. The van der Waals surface area contributed by atoms with E-state index in [0.29, 0.717) is 5.39 Å². The van der Waals surface area contributed by atoms with E-state index in [0.717, 1.165) is 44.5 Å². The fraction of sp³-hybridized carbons (Fsp3) is 0.286. The van der Waals surface area contributed by atoms with E-state index in [2.05, 4.69) is 75.9 Å². The molecule has 0 saturated carbocycles. The van der Waals surface area contributed by atoms with E-state index in [4.69, 9.17) is 0 Å². The molecule has 5 rings (SSSR count). The van der Waals surface area contributed by atoms with Crippen LogP contribution in [0.5, 0.6) is 0 Å². The Balaban J connectivity index is 1.19. The number of fused-ring (bicyclic) bond motifs is 1. The number of benzene rings is 3. The van der Waals surface area contributed by atoms with Crippen molar-refractivity contribution in [3.8, 4) is 0 Å². The van der Waals surface area contributed by atoms with Crippen LogP contribution in [0.25, 0.3) is 10.9 Å². The van der Waals surface area contributed by atoms with Crippen molar-refractivity contribution in [1.82, 2.24) is 19.8 Å². The summed E-state index contributed by atoms with van der Waals surface area (Å²) >= 11 is 0. The Morgan fingerprint density at radius 1 is 0.848 bits per heavy atom. The molecule has 0 amide bonds. The molecule has 5 heteroatoms. The van der Waals surface area contributed by atoms with Gasteiger partial charge in [-0.3, -0.25) is 9.36 Å². The Labute approximate surface area is 194 Å². The van der Waals surface area contributed by atoms with Crippen LogP contribution in [0, 0.1) is 0 Å². The third-order valence-electron chi connectivity index (χ3n) is 6.68. The molecule has 0 unspecified atom stereocenters. The number of aromatic nitrogens is 2. The molecule has 5 nitrogen and oxygen atoms in total. The van der Waals surface area contributed by atoms with Crippen LogP contribution in [0.15, 0.2) is 96.1 Å². The monoisotopic (exact) mass is 438 g/mol. The van der Waals surface area contributed by atoms with Crippen LogP contribution in [0.4, 0.5) is 0 Å². The third-order valence-corrected chi connectivity index (χ3v) is 6.68. The summed E-state index contributed by atoms with van der Waals surface area (Å²) in [4.78, 5) is 19.9. The summed E-state index contributed by atoms with van der Waals surface area (Å²) < 4.78 is 1.85. The molecule has 1 aliphatic rings. The largest absolute Gasteiger partial charge is 0.305 e. The second-order valence-corrected chi connectivity index (χ2v) is 8.76. The Morgan fingerprint density at radius 2 is 1.45 bits per heavy atom. The Morgan fingerprint density at radius 3 is 2.12 bits per heavy atom. The second-order valence-electron chi connectivity index (χ2n) is 8.76. The first-order chi connectivity index (χ1) is 16.3. The zero-order chi connectivity index (χ0) is 22.5. The minimum Gasteiger partial charge on any atom is -0.305 e. The van der Waals surface area contributed by atoms with Crippen molar-refractivity contribution in [3.63, 3.8) is 0 Å². The zero-order valence-corrected chi connectivity index (χ0v) is 18.8. The van der Waals surface area contributed by atoms with Gasteiger partial charge in [0.2, 0.25) is 0 Å². The van der Waals surface area contributed by atoms with Gasteiger partial charge in [0.15, 0.2) is 0 Å². The Bertz CT molecular complexity index is 1190. The van der Waals surface area contributed by atoms with E-state index in [-0.39, 0.29) is 17.6 Å². The smallest absolute Gasteiger partial charge is 0.261 e. The molecule has 0 radical (unpaired) electrons. The van der Waals surface area contributed by atoms with E-state index in [1.54, 1.807) is 6.33 Å². The lowest BCUT2D eigenvalue weighted by atomic mass is 9.99. The maximum Gasteiger partial charge on any atom is 0.261 e. The summed E-state index contributed by atoms with van der Waals surface area (Å²) in [5.41, 5.74) is 3.42. The molecule has 1 aliphatic heterocycles. The fourth-order valence-corrected chi connectivity index (χ4v) is 4.85. The van der Waals surface area contributed by atoms with Crippen molar-refractivity contribution in [3.05, 3.63) is 113 Å². The predicted octanol–water partition coefficient (Wildman–Crippen LogP) is 4.41. The zero-order valence-electron chi connectivity index (χ0n) is 18.8. The predicted molar refractivity (Wildman–Crippen MR) is 133 cm³/mol. The minimum absolute atomic E-state index is 0.0780. The van der Waals surface area contributed by atoms with Crippen molar-refractivity contribution < 1.29 is 0 Å². The number of hydrogen-bond acceptors (Lipinski definition) is 4. The molecule has 168 valence electrons. The first-order valence-electron chi connectivity index (χ1n) is 11.8. The summed E-state index contributed by atoms with van der Waals surface area (Å²) in [7, 11) is 0. The molecule has 0 bridgehead atoms. The number of para-hydroxylation sites is 1. The van der Waals surface area contributed by atoms with Gasteiger partial charge in [0.25, 0.3) is 5.56 Å². The van der Waals surface area contributed by atoms with Gasteiger partial charge in [-0.05, 0) is 36.1 Å². The van der Waals surface area contributed by atoms with Crippen molar-refractivity contribution in [2.45, 2.75) is 24.9 Å². The summed E-state index contributed by atoms with van der Waals surface area (Å²) in [6, 6.07) is 29.3. The summed E-state index contributed by atoms with van der Waals surface area (Å²) in [5, 5.41) is 4.47. The number of likely N-dealkylation sites (tertiary alicyclic amines) is 1. The third kappa shape index (κ3) is 4.90. The molecule has 1 aromatic heterocycles. The quantitative estimate of drug-likeness (QED) is 0.464. The van der Waals surface area contributed by atoms with Gasteiger partial charge in [-0.25, -0.2) is 4.98 Å². The van der Waals surface area contributed by atoms with Crippen LogP contribution < -0.4 is 10.9 Å². The summed E-state index contributed by atoms with van der Waals surface area (Å²) in [6.07, 6.45) is 3.68. The van der Waals surface area contributed by atoms with Gasteiger partial charge in [0.1, 0.15) is 0 Å². The van der Waals surface area contributed by atoms with Gasteiger partial charge in [-0.2, -0.15) is 0 Å². The molecule has 3 aromatic carbocycles.